The molecule has 1 saturated carbocycles. The highest BCUT2D eigenvalue weighted by molar-refractivity contribution is 6.05. The number of carbonyl (C=O) groups excluding carboxylic acids is 1. The third-order valence-electron chi connectivity index (χ3n) is 4.44. The van der Waals surface area contributed by atoms with Gasteiger partial charge in [0.15, 0.2) is 5.69 Å². The molecule has 1 aromatic carbocycles. The highest BCUT2D eigenvalue weighted by atomic mass is 19.1. The third kappa shape index (κ3) is 3.22. The largest absolute Gasteiger partial charge is 0.440 e. The average Bonchev–Trinajstić information content (AvgIpc) is 3.40. The molecule has 132 valence electrons. The van der Waals surface area contributed by atoms with Gasteiger partial charge in [0.1, 0.15) is 11.6 Å². The summed E-state index contributed by atoms with van der Waals surface area (Å²) in [5, 5.41) is 0. The Morgan fingerprint density at radius 2 is 2.08 bits per heavy atom. The molecule has 6 heteroatoms. The number of rotatable bonds is 5. The van der Waals surface area contributed by atoms with Crippen LogP contribution in [-0.4, -0.2) is 22.4 Å². The van der Waals surface area contributed by atoms with Crippen molar-refractivity contribution in [1.82, 2.24) is 9.97 Å². The molecule has 0 spiro atoms. The number of hydrogen-bond donors (Lipinski definition) is 0. The molecule has 1 fully saturated rings. The second-order valence-corrected chi connectivity index (χ2v) is 6.47. The van der Waals surface area contributed by atoms with Gasteiger partial charge < -0.3 is 9.32 Å². The van der Waals surface area contributed by atoms with Crippen molar-refractivity contribution in [1.29, 1.82) is 0 Å². The molecule has 0 bridgehead atoms. The van der Waals surface area contributed by atoms with Crippen LogP contribution in [0.3, 0.4) is 0 Å². The van der Waals surface area contributed by atoms with Crippen LogP contribution in [0.5, 0.6) is 0 Å². The van der Waals surface area contributed by atoms with E-state index in [1.165, 1.54) is 6.07 Å². The molecule has 2 heterocycles. The number of anilines is 1. The lowest BCUT2D eigenvalue weighted by Gasteiger charge is -2.21. The number of aromatic nitrogens is 2. The van der Waals surface area contributed by atoms with Gasteiger partial charge in [0.2, 0.25) is 5.89 Å². The minimum Gasteiger partial charge on any atom is -0.440 e. The maximum Gasteiger partial charge on any atom is 0.280 e. The lowest BCUT2D eigenvalue weighted by atomic mass is 10.2. The Balaban J connectivity index is 1.69. The second-order valence-electron chi connectivity index (χ2n) is 6.47. The first-order chi connectivity index (χ1) is 12.6. The summed E-state index contributed by atoms with van der Waals surface area (Å²) >= 11 is 0. The molecule has 1 aliphatic carbocycles. The molecule has 0 N–H and O–H groups in total. The van der Waals surface area contributed by atoms with Crippen molar-refractivity contribution in [2.75, 3.05) is 11.4 Å². The number of halogens is 1. The summed E-state index contributed by atoms with van der Waals surface area (Å²) in [6.45, 7) is 2.29. The van der Waals surface area contributed by atoms with Gasteiger partial charge in [-0.05, 0) is 49.9 Å². The average molecular weight is 351 g/mol. The number of oxazole rings is 1. The van der Waals surface area contributed by atoms with Gasteiger partial charge in [-0.3, -0.25) is 9.78 Å². The molecule has 0 radical (unpaired) electrons. The number of nitrogens with zero attached hydrogens (tertiary/aromatic N) is 3. The first-order valence-electron chi connectivity index (χ1n) is 8.57. The quantitative estimate of drug-likeness (QED) is 0.690. The van der Waals surface area contributed by atoms with Gasteiger partial charge in [0, 0.05) is 12.7 Å². The van der Waals surface area contributed by atoms with Crippen LogP contribution in [0.4, 0.5) is 10.1 Å². The molecular formula is C20H18FN3O2. The predicted octanol–water partition coefficient (Wildman–Crippen LogP) is 4.24. The number of pyridine rings is 1. The topological polar surface area (TPSA) is 59.2 Å². The van der Waals surface area contributed by atoms with Crippen LogP contribution in [-0.2, 0) is 0 Å². The third-order valence-corrected chi connectivity index (χ3v) is 4.44. The lowest BCUT2D eigenvalue weighted by Crippen LogP contribution is -2.33. The van der Waals surface area contributed by atoms with Crippen molar-refractivity contribution in [3.8, 4) is 11.5 Å². The summed E-state index contributed by atoms with van der Waals surface area (Å²) in [5.74, 6) is 0.292. The molecule has 0 aliphatic heterocycles. The molecular weight excluding hydrogens is 333 g/mol. The van der Waals surface area contributed by atoms with Crippen LogP contribution >= 0.6 is 0 Å². The zero-order valence-electron chi connectivity index (χ0n) is 14.4. The van der Waals surface area contributed by atoms with E-state index in [4.69, 9.17) is 4.42 Å². The van der Waals surface area contributed by atoms with Crippen molar-refractivity contribution in [3.05, 3.63) is 66.1 Å². The molecule has 0 unspecified atom stereocenters. The Morgan fingerprint density at radius 3 is 2.77 bits per heavy atom. The van der Waals surface area contributed by atoms with Gasteiger partial charge in [-0.25, -0.2) is 9.37 Å². The van der Waals surface area contributed by atoms with Gasteiger partial charge in [-0.15, -0.1) is 0 Å². The van der Waals surface area contributed by atoms with E-state index in [9.17, 15) is 9.18 Å². The predicted molar refractivity (Wildman–Crippen MR) is 95.3 cm³/mol. The molecule has 26 heavy (non-hydrogen) atoms. The number of amides is 1. The fraction of sp³-hybridized carbons (Fsp3) is 0.250. The molecule has 3 aromatic rings. The van der Waals surface area contributed by atoms with E-state index < -0.39 is 5.82 Å². The van der Waals surface area contributed by atoms with Crippen LogP contribution in [0, 0.1) is 18.7 Å². The van der Waals surface area contributed by atoms with Gasteiger partial charge in [-0.2, -0.15) is 0 Å². The summed E-state index contributed by atoms with van der Waals surface area (Å²) < 4.78 is 19.6. The first kappa shape index (κ1) is 16.4. The van der Waals surface area contributed by atoms with Crippen LogP contribution in [0.25, 0.3) is 11.5 Å². The molecule has 1 amide bonds. The summed E-state index contributed by atoms with van der Waals surface area (Å²) in [6.07, 6.45) is 5.55. The fourth-order valence-electron chi connectivity index (χ4n) is 2.85. The molecule has 1 aliphatic rings. The van der Waals surface area contributed by atoms with Crippen LogP contribution in [0.15, 0.2) is 53.2 Å². The minimum absolute atomic E-state index is 0.113. The van der Waals surface area contributed by atoms with Crippen molar-refractivity contribution in [2.24, 2.45) is 5.92 Å². The standard InChI is InChI=1S/C20H18FN3O2/c1-13-18(23-19(26-13)16-6-2-3-7-17(16)21)20(25)24(12-14-8-9-14)15-5-4-10-22-11-15/h2-7,10-11,14H,8-9,12H2,1H3. The zero-order chi connectivity index (χ0) is 18.1. The monoisotopic (exact) mass is 351 g/mol. The minimum atomic E-state index is -0.435. The number of aryl methyl sites for hydroxylation is 1. The van der Waals surface area contributed by atoms with E-state index in [0.717, 1.165) is 18.5 Å². The number of carbonyl (C=O) groups is 1. The summed E-state index contributed by atoms with van der Waals surface area (Å²) in [5.41, 5.74) is 1.16. The van der Waals surface area contributed by atoms with E-state index in [2.05, 4.69) is 9.97 Å². The van der Waals surface area contributed by atoms with Crippen molar-refractivity contribution in [3.63, 3.8) is 0 Å². The smallest absolute Gasteiger partial charge is 0.280 e. The number of benzene rings is 1. The van der Waals surface area contributed by atoms with Gasteiger partial charge in [0.05, 0.1) is 17.4 Å². The van der Waals surface area contributed by atoms with Crippen molar-refractivity contribution in [2.45, 2.75) is 19.8 Å². The lowest BCUT2D eigenvalue weighted by molar-refractivity contribution is 0.0980. The van der Waals surface area contributed by atoms with Gasteiger partial charge in [0.25, 0.3) is 5.91 Å². The second kappa shape index (κ2) is 6.71. The highest BCUT2D eigenvalue weighted by Gasteiger charge is 2.31. The molecule has 2 aromatic heterocycles. The Morgan fingerprint density at radius 1 is 1.27 bits per heavy atom. The Bertz CT molecular complexity index is 935. The van der Waals surface area contributed by atoms with Gasteiger partial charge in [-0.1, -0.05) is 12.1 Å². The van der Waals surface area contributed by atoms with E-state index in [1.54, 1.807) is 48.5 Å². The zero-order valence-corrected chi connectivity index (χ0v) is 14.4. The van der Waals surface area contributed by atoms with E-state index in [0.29, 0.717) is 18.2 Å². The van der Waals surface area contributed by atoms with E-state index >= 15 is 0 Å². The maximum atomic E-state index is 14.0. The molecule has 0 saturated heterocycles. The van der Waals surface area contributed by atoms with Crippen molar-refractivity contribution >= 4 is 11.6 Å². The summed E-state index contributed by atoms with van der Waals surface area (Å²) in [7, 11) is 0. The first-order valence-corrected chi connectivity index (χ1v) is 8.57. The molecule has 0 atom stereocenters. The van der Waals surface area contributed by atoms with E-state index in [-0.39, 0.29) is 23.1 Å². The normalized spacial score (nSPS) is 13.6. The van der Waals surface area contributed by atoms with Crippen LogP contribution < -0.4 is 4.90 Å². The number of hydrogen-bond acceptors (Lipinski definition) is 4. The van der Waals surface area contributed by atoms with Crippen LogP contribution in [0.2, 0.25) is 0 Å². The molecule has 4 rings (SSSR count). The van der Waals surface area contributed by atoms with Crippen LogP contribution in [0.1, 0.15) is 29.1 Å². The van der Waals surface area contributed by atoms with Crippen molar-refractivity contribution < 1.29 is 13.6 Å². The summed E-state index contributed by atoms with van der Waals surface area (Å²) in [6, 6.07) is 9.86. The summed E-state index contributed by atoms with van der Waals surface area (Å²) in [4.78, 5) is 23.2. The highest BCUT2D eigenvalue weighted by Crippen LogP contribution is 2.32. The Hall–Kier alpha value is -3.02. The maximum absolute atomic E-state index is 14.0. The fourth-order valence-corrected chi connectivity index (χ4v) is 2.85. The van der Waals surface area contributed by atoms with Gasteiger partial charge >= 0.3 is 0 Å². The Kier molecular flexibility index (Phi) is 4.24. The SMILES string of the molecule is Cc1oc(-c2ccccc2F)nc1C(=O)N(CC1CC1)c1cccnc1. The molecule has 5 nitrogen and oxygen atoms in total. The Labute approximate surface area is 150 Å². The van der Waals surface area contributed by atoms with E-state index in [1.807, 2.05) is 6.07 Å².